The van der Waals surface area contributed by atoms with Crippen molar-refractivity contribution in [3.05, 3.63) is 66.1 Å². The second-order valence-electron chi connectivity index (χ2n) is 9.54. The van der Waals surface area contributed by atoms with Gasteiger partial charge in [0.1, 0.15) is 11.5 Å². The molecule has 1 aliphatic rings. The van der Waals surface area contributed by atoms with E-state index in [4.69, 9.17) is 9.84 Å². The molecule has 5 rings (SSSR count). The fourth-order valence-electron chi connectivity index (χ4n) is 4.54. The van der Waals surface area contributed by atoms with Crippen molar-refractivity contribution < 1.29 is 17.9 Å². The third-order valence-electron chi connectivity index (χ3n) is 6.75. The highest BCUT2D eigenvalue weighted by Crippen LogP contribution is 2.42. The molecule has 0 bridgehead atoms. The molecular weight excluding hydrogens is 504 g/mol. The first-order valence-electron chi connectivity index (χ1n) is 12.4. The second kappa shape index (κ2) is 10.5. The Hall–Kier alpha value is -3.83. The highest BCUT2D eigenvalue weighted by Gasteiger charge is 2.29. The summed E-state index contributed by atoms with van der Waals surface area (Å²) in [4.78, 5) is 24.3. The van der Waals surface area contributed by atoms with E-state index in [0.717, 1.165) is 59.2 Å². The van der Waals surface area contributed by atoms with Crippen molar-refractivity contribution in [1.82, 2.24) is 24.5 Å². The van der Waals surface area contributed by atoms with Crippen LogP contribution < -0.4 is 9.62 Å². The van der Waals surface area contributed by atoms with Crippen molar-refractivity contribution in [2.75, 3.05) is 38.5 Å². The lowest BCUT2D eigenvalue weighted by Crippen LogP contribution is -2.30. The number of nitrogens with zero attached hydrogens (tertiary/aromatic N) is 5. The minimum atomic E-state index is -3.78. The molecule has 0 radical (unpaired) electrons. The lowest BCUT2D eigenvalue weighted by molar-refractivity contribution is 0.0977. The van der Waals surface area contributed by atoms with Crippen molar-refractivity contribution in [1.29, 1.82) is 0 Å². The van der Waals surface area contributed by atoms with Gasteiger partial charge in [0.15, 0.2) is 5.65 Å². The quantitative estimate of drug-likeness (QED) is 0.346. The number of carbonyl (C=O) groups excluding carboxylic acids is 1. The lowest BCUT2D eigenvalue weighted by Gasteiger charge is -2.24. The van der Waals surface area contributed by atoms with Gasteiger partial charge < -0.3 is 9.64 Å². The van der Waals surface area contributed by atoms with Crippen LogP contribution in [0.1, 0.15) is 41.4 Å². The number of pyridine rings is 2. The number of methoxy groups -OCH3 is 1. The van der Waals surface area contributed by atoms with E-state index in [0.29, 0.717) is 18.8 Å². The molecule has 3 aromatic heterocycles. The van der Waals surface area contributed by atoms with E-state index in [1.807, 2.05) is 59.1 Å². The largest absolute Gasteiger partial charge is 0.383 e. The summed E-state index contributed by atoms with van der Waals surface area (Å²) in [5.74, 6) is 0.266. The summed E-state index contributed by atoms with van der Waals surface area (Å²) < 4.78 is 32.6. The van der Waals surface area contributed by atoms with Gasteiger partial charge in [0.2, 0.25) is 10.0 Å². The molecular formula is C27H30N6O4S. The van der Waals surface area contributed by atoms with Crippen molar-refractivity contribution in [2.45, 2.75) is 25.2 Å². The molecule has 0 saturated heterocycles. The minimum absolute atomic E-state index is 0.0172. The van der Waals surface area contributed by atoms with Crippen LogP contribution in [0.4, 0.5) is 5.82 Å². The number of likely N-dealkylation sites (N-methyl/N-ethyl adjacent to an activating group) is 1. The second-order valence-corrected chi connectivity index (χ2v) is 11.3. The van der Waals surface area contributed by atoms with Crippen LogP contribution in [-0.2, 0) is 14.8 Å². The van der Waals surface area contributed by atoms with Crippen LogP contribution in [0.15, 0.2) is 54.7 Å². The van der Waals surface area contributed by atoms with Crippen LogP contribution in [-0.4, -0.2) is 67.6 Å². The molecule has 10 nitrogen and oxygen atoms in total. The van der Waals surface area contributed by atoms with Gasteiger partial charge in [-0.15, -0.1) is 0 Å². The summed E-state index contributed by atoms with van der Waals surface area (Å²) >= 11 is 0. The number of benzene rings is 1. The number of hydrogen-bond acceptors (Lipinski definition) is 8. The molecule has 0 atom stereocenters. The standard InChI is InChI=1S/C27H30N6O4S/c1-32(14-15-37-2)23-13-12-19(17-28-23)21-16-22(27(34)31-38(3,35)36)29-26-24(21)25(18-8-7-9-18)30-33(26)20-10-5-4-6-11-20/h4-6,10-13,16-18H,7-9,14-15H2,1-3H3,(H,31,34). The number of nitrogens with one attached hydrogen (secondary N) is 1. The number of sulfonamides is 1. The Morgan fingerprint density at radius 2 is 1.95 bits per heavy atom. The average molecular weight is 535 g/mol. The van der Waals surface area contributed by atoms with Gasteiger partial charge in [0.05, 0.1) is 29.6 Å². The van der Waals surface area contributed by atoms with Gasteiger partial charge in [-0.2, -0.15) is 5.10 Å². The predicted octanol–water partition coefficient (Wildman–Crippen LogP) is 3.52. The topological polar surface area (TPSA) is 119 Å². The summed E-state index contributed by atoms with van der Waals surface area (Å²) in [5.41, 5.74) is 3.72. The van der Waals surface area contributed by atoms with Gasteiger partial charge >= 0.3 is 0 Å². The van der Waals surface area contributed by atoms with Gasteiger partial charge in [0.25, 0.3) is 5.91 Å². The number of anilines is 1. The molecule has 1 saturated carbocycles. The number of amides is 1. The third-order valence-corrected chi connectivity index (χ3v) is 7.31. The number of fused-ring (bicyclic) bond motifs is 1. The van der Waals surface area contributed by atoms with E-state index in [-0.39, 0.29) is 11.6 Å². The maximum atomic E-state index is 13.0. The zero-order valence-corrected chi connectivity index (χ0v) is 22.4. The molecule has 0 unspecified atom stereocenters. The molecule has 1 N–H and O–H groups in total. The molecule has 3 heterocycles. The van der Waals surface area contributed by atoms with Crippen molar-refractivity contribution in [3.63, 3.8) is 0 Å². The Morgan fingerprint density at radius 1 is 1.18 bits per heavy atom. The fraction of sp³-hybridized carbons (Fsp3) is 0.333. The number of carbonyl (C=O) groups is 1. The number of para-hydroxylation sites is 1. The first-order chi connectivity index (χ1) is 18.2. The van der Waals surface area contributed by atoms with E-state index in [1.54, 1.807) is 24.1 Å². The SMILES string of the molecule is COCCN(C)c1ccc(-c2cc(C(=O)NS(C)(=O)=O)nc3c2c(C2CCC2)nn3-c2ccccc2)cn1. The third kappa shape index (κ3) is 5.25. The zero-order valence-electron chi connectivity index (χ0n) is 21.6. The Bertz CT molecular complexity index is 1560. The Balaban J connectivity index is 1.71. The van der Waals surface area contributed by atoms with Crippen LogP contribution >= 0.6 is 0 Å². The average Bonchev–Trinajstić information content (AvgIpc) is 3.24. The van der Waals surface area contributed by atoms with E-state index in [1.165, 1.54) is 0 Å². The molecule has 4 aromatic rings. The lowest BCUT2D eigenvalue weighted by atomic mass is 9.81. The first-order valence-corrected chi connectivity index (χ1v) is 14.3. The molecule has 11 heteroatoms. The Labute approximate surface area is 221 Å². The number of ether oxygens (including phenoxy) is 1. The molecule has 0 aliphatic heterocycles. The first kappa shape index (κ1) is 25.8. The molecule has 1 aliphatic carbocycles. The smallest absolute Gasteiger partial charge is 0.283 e. The molecule has 0 spiro atoms. The van der Waals surface area contributed by atoms with E-state index >= 15 is 0 Å². The van der Waals surface area contributed by atoms with E-state index in [2.05, 4.69) is 9.97 Å². The van der Waals surface area contributed by atoms with E-state index < -0.39 is 15.9 Å². The van der Waals surface area contributed by atoms with Crippen molar-refractivity contribution >= 4 is 32.8 Å². The van der Waals surface area contributed by atoms with Gasteiger partial charge in [-0.05, 0) is 48.7 Å². The monoisotopic (exact) mass is 534 g/mol. The highest BCUT2D eigenvalue weighted by atomic mass is 32.2. The zero-order chi connectivity index (χ0) is 26.9. The Morgan fingerprint density at radius 3 is 2.55 bits per heavy atom. The number of aromatic nitrogens is 4. The van der Waals surface area contributed by atoms with Gasteiger partial charge in [-0.3, -0.25) is 4.79 Å². The van der Waals surface area contributed by atoms with Gasteiger partial charge in [-0.25, -0.2) is 27.8 Å². The maximum absolute atomic E-state index is 13.0. The normalized spacial score (nSPS) is 13.9. The van der Waals surface area contributed by atoms with Gasteiger partial charge in [0, 0.05) is 38.4 Å². The van der Waals surface area contributed by atoms with E-state index in [9.17, 15) is 13.2 Å². The highest BCUT2D eigenvalue weighted by molar-refractivity contribution is 7.89. The molecule has 1 aromatic carbocycles. The number of hydrogen-bond donors (Lipinski definition) is 1. The van der Waals surface area contributed by atoms with Crippen molar-refractivity contribution in [3.8, 4) is 16.8 Å². The molecule has 1 amide bonds. The fourth-order valence-corrected chi connectivity index (χ4v) is 4.98. The van der Waals surface area contributed by atoms with Crippen LogP contribution in [0.2, 0.25) is 0 Å². The minimum Gasteiger partial charge on any atom is -0.383 e. The van der Waals surface area contributed by atoms with Crippen LogP contribution in [0, 0.1) is 0 Å². The summed E-state index contributed by atoms with van der Waals surface area (Å²) in [6.45, 7) is 1.26. The van der Waals surface area contributed by atoms with Crippen LogP contribution in [0.3, 0.4) is 0 Å². The molecule has 198 valence electrons. The summed E-state index contributed by atoms with van der Waals surface area (Å²) in [7, 11) is -0.180. The number of rotatable bonds is 9. The van der Waals surface area contributed by atoms with Crippen LogP contribution in [0.5, 0.6) is 0 Å². The van der Waals surface area contributed by atoms with Gasteiger partial charge in [-0.1, -0.05) is 24.6 Å². The summed E-state index contributed by atoms with van der Waals surface area (Å²) in [6, 6.07) is 15.1. The predicted molar refractivity (Wildman–Crippen MR) is 146 cm³/mol. The maximum Gasteiger partial charge on any atom is 0.283 e. The summed E-state index contributed by atoms with van der Waals surface area (Å²) in [6.07, 6.45) is 5.88. The molecule has 38 heavy (non-hydrogen) atoms. The molecule has 1 fully saturated rings. The van der Waals surface area contributed by atoms with Crippen LogP contribution in [0.25, 0.3) is 27.8 Å². The Kier molecular flexibility index (Phi) is 7.13. The van der Waals surface area contributed by atoms with Crippen molar-refractivity contribution in [2.24, 2.45) is 0 Å². The summed E-state index contributed by atoms with van der Waals surface area (Å²) in [5, 5.41) is 5.83.